The van der Waals surface area contributed by atoms with Crippen molar-refractivity contribution in [1.29, 1.82) is 0 Å². The van der Waals surface area contributed by atoms with E-state index in [-0.39, 0.29) is 10.1 Å². The minimum Gasteiger partial charge on any atom is -0.0770 e. The molecule has 2 aromatic carbocycles. The molecule has 0 saturated carbocycles. The van der Waals surface area contributed by atoms with Crippen molar-refractivity contribution in [1.82, 2.24) is 0 Å². The molecule has 2 aliphatic rings. The highest BCUT2D eigenvalue weighted by Gasteiger charge is 2.40. The third-order valence-corrected chi connectivity index (χ3v) is 7.85. The molecule has 0 spiro atoms. The Bertz CT molecular complexity index is 705. The Morgan fingerprint density at radius 1 is 0.667 bits per heavy atom. The van der Waals surface area contributed by atoms with Crippen LogP contribution in [0.15, 0.2) is 60.7 Å². The van der Waals surface area contributed by atoms with Gasteiger partial charge in [0.15, 0.2) is 0 Å². The Labute approximate surface area is 129 Å². The van der Waals surface area contributed by atoms with Gasteiger partial charge in [-0.05, 0) is 22.3 Å². The molecule has 0 fully saturated rings. The third-order valence-electron chi connectivity index (χ3n) is 5.15. The van der Waals surface area contributed by atoms with Gasteiger partial charge in [0.1, 0.15) is 0 Å². The van der Waals surface area contributed by atoms with E-state index in [0.717, 1.165) is 0 Å². The van der Waals surface area contributed by atoms with Crippen LogP contribution in [-0.4, -0.2) is 9.52 Å². The molecule has 0 saturated heterocycles. The first kappa shape index (κ1) is 12.8. The van der Waals surface area contributed by atoms with Crippen LogP contribution >= 0.6 is 0 Å². The highest BCUT2D eigenvalue weighted by Crippen LogP contribution is 2.43. The zero-order valence-electron chi connectivity index (χ0n) is 12.6. The maximum absolute atomic E-state index is 2.45. The van der Waals surface area contributed by atoms with Crippen LogP contribution in [0.1, 0.15) is 36.1 Å². The highest BCUT2D eigenvalue weighted by molar-refractivity contribution is 6.47. The van der Waals surface area contributed by atoms with Gasteiger partial charge in [-0.25, -0.2) is 0 Å². The number of hydrogen-bond donors (Lipinski definition) is 0. The van der Waals surface area contributed by atoms with Crippen molar-refractivity contribution in [3.8, 4) is 0 Å². The predicted molar refractivity (Wildman–Crippen MR) is 94.2 cm³/mol. The fraction of sp³-hybridized carbons (Fsp3) is 0.200. The summed E-state index contributed by atoms with van der Waals surface area (Å²) in [4.78, 5) is 0. The maximum Gasteiger partial charge on any atom is 0.0537 e. The zero-order chi connectivity index (χ0) is 14.5. The maximum atomic E-state index is 2.45. The van der Waals surface area contributed by atoms with E-state index in [1.807, 2.05) is 0 Å². The van der Waals surface area contributed by atoms with Gasteiger partial charge >= 0.3 is 0 Å². The van der Waals surface area contributed by atoms with Crippen molar-refractivity contribution in [2.45, 2.75) is 23.9 Å². The molecule has 21 heavy (non-hydrogen) atoms. The Morgan fingerprint density at radius 2 is 1.10 bits per heavy atom. The second-order valence-electron chi connectivity index (χ2n) is 6.85. The number of benzene rings is 2. The third kappa shape index (κ3) is 1.88. The molecule has 2 atom stereocenters. The monoisotopic (exact) mass is 288 g/mol. The molecule has 0 aromatic heterocycles. The molecular formula is C20H20Si. The summed E-state index contributed by atoms with van der Waals surface area (Å²) in [5.41, 5.74) is 5.86. The van der Waals surface area contributed by atoms with E-state index < -0.39 is 9.52 Å². The van der Waals surface area contributed by atoms with Crippen molar-refractivity contribution in [2.75, 3.05) is 0 Å². The van der Waals surface area contributed by atoms with Gasteiger partial charge in [-0.3, -0.25) is 0 Å². The smallest absolute Gasteiger partial charge is 0.0537 e. The molecule has 0 nitrogen and oxygen atoms in total. The Hall–Kier alpha value is -1.86. The molecule has 0 bridgehead atoms. The molecule has 0 heterocycles. The molecule has 2 aromatic rings. The molecule has 4 rings (SSSR count). The van der Waals surface area contributed by atoms with Gasteiger partial charge in [-0.1, -0.05) is 86.7 Å². The SMILES string of the molecule is CC1([SiH2]C2(C)C=Cc3ccccc32)C=Cc2ccccc21. The van der Waals surface area contributed by atoms with Gasteiger partial charge in [0.25, 0.3) is 0 Å². The lowest BCUT2D eigenvalue weighted by atomic mass is 10.0. The summed E-state index contributed by atoms with van der Waals surface area (Å²) in [6.07, 6.45) is 9.53. The molecule has 0 N–H and O–H groups in total. The van der Waals surface area contributed by atoms with E-state index in [2.05, 4.69) is 86.7 Å². The van der Waals surface area contributed by atoms with E-state index in [4.69, 9.17) is 0 Å². The molecule has 2 unspecified atom stereocenters. The first-order valence-electron chi connectivity index (χ1n) is 7.68. The van der Waals surface area contributed by atoms with Crippen LogP contribution in [-0.2, 0) is 10.1 Å². The van der Waals surface area contributed by atoms with Crippen molar-refractivity contribution in [3.63, 3.8) is 0 Å². The van der Waals surface area contributed by atoms with Crippen LogP contribution in [0.5, 0.6) is 0 Å². The van der Waals surface area contributed by atoms with Crippen LogP contribution < -0.4 is 0 Å². The topological polar surface area (TPSA) is 0 Å². The largest absolute Gasteiger partial charge is 0.0770 e. The summed E-state index contributed by atoms with van der Waals surface area (Å²) in [6.45, 7) is 4.86. The fourth-order valence-electron chi connectivity index (χ4n) is 4.12. The average Bonchev–Trinajstić information content (AvgIpc) is 3.00. The van der Waals surface area contributed by atoms with E-state index in [1.165, 1.54) is 22.3 Å². The number of rotatable bonds is 2. The summed E-state index contributed by atoms with van der Waals surface area (Å²) in [5, 5.41) is 0.514. The van der Waals surface area contributed by atoms with Crippen LogP contribution in [0.25, 0.3) is 12.2 Å². The van der Waals surface area contributed by atoms with Crippen molar-refractivity contribution < 1.29 is 0 Å². The summed E-state index contributed by atoms with van der Waals surface area (Å²) >= 11 is 0. The van der Waals surface area contributed by atoms with Gasteiger partial charge in [0.05, 0.1) is 9.52 Å². The van der Waals surface area contributed by atoms with E-state index >= 15 is 0 Å². The highest BCUT2D eigenvalue weighted by atomic mass is 28.2. The first-order valence-corrected chi connectivity index (χ1v) is 9.10. The van der Waals surface area contributed by atoms with Gasteiger partial charge in [-0.15, -0.1) is 0 Å². The standard InChI is InChI=1S/C20H20Si/c1-19(13-11-15-7-3-5-9-17(15)19)21-20(2)14-12-16-8-4-6-10-18(16)20/h3-14H,21H2,1-2H3. The summed E-state index contributed by atoms with van der Waals surface area (Å²) in [7, 11) is -0.420. The Morgan fingerprint density at radius 3 is 1.57 bits per heavy atom. The van der Waals surface area contributed by atoms with E-state index in [1.54, 1.807) is 0 Å². The van der Waals surface area contributed by atoms with E-state index in [9.17, 15) is 0 Å². The molecule has 2 aliphatic carbocycles. The number of allylic oxidation sites excluding steroid dienone is 2. The fourth-order valence-corrected chi connectivity index (χ4v) is 7.14. The Balaban J connectivity index is 1.75. The van der Waals surface area contributed by atoms with Gasteiger partial charge < -0.3 is 0 Å². The van der Waals surface area contributed by atoms with Crippen LogP contribution in [0.3, 0.4) is 0 Å². The molecule has 104 valence electrons. The number of hydrogen-bond acceptors (Lipinski definition) is 0. The predicted octanol–water partition coefficient (Wildman–Crippen LogP) is 4.04. The van der Waals surface area contributed by atoms with Crippen molar-refractivity contribution in [3.05, 3.63) is 82.9 Å². The van der Waals surface area contributed by atoms with Crippen LogP contribution in [0.2, 0.25) is 0 Å². The zero-order valence-corrected chi connectivity index (χ0v) is 14.0. The second kappa shape index (κ2) is 4.31. The molecular weight excluding hydrogens is 268 g/mol. The normalized spacial score (nSPS) is 29.2. The summed E-state index contributed by atoms with van der Waals surface area (Å²) in [5.74, 6) is 0. The lowest BCUT2D eigenvalue weighted by molar-refractivity contribution is 0.770. The van der Waals surface area contributed by atoms with Crippen molar-refractivity contribution >= 4 is 21.7 Å². The average molecular weight is 288 g/mol. The summed E-state index contributed by atoms with van der Waals surface area (Å²) in [6, 6.07) is 17.8. The molecule has 0 amide bonds. The van der Waals surface area contributed by atoms with Gasteiger partial charge in [-0.2, -0.15) is 0 Å². The molecule has 0 aliphatic heterocycles. The minimum atomic E-state index is -0.420. The quantitative estimate of drug-likeness (QED) is 0.732. The molecule has 1 heteroatoms. The second-order valence-corrected chi connectivity index (χ2v) is 10.1. The lowest BCUT2D eigenvalue weighted by Gasteiger charge is -2.34. The van der Waals surface area contributed by atoms with Crippen LogP contribution in [0, 0.1) is 0 Å². The van der Waals surface area contributed by atoms with Gasteiger partial charge in [0.2, 0.25) is 0 Å². The van der Waals surface area contributed by atoms with Crippen molar-refractivity contribution in [2.24, 2.45) is 0 Å². The lowest BCUT2D eigenvalue weighted by Crippen LogP contribution is -2.39. The van der Waals surface area contributed by atoms with Gasteiger partial charge in [0, 0.05) is 10.1 Å². The minimum absolute atomic E-state index is 0.257. The van der Waals surface area contributed by atoms with E-state index in [0.29, 0.717) is 0 Å². The number of fused-ring (bicyclic) bond motifs is 2. The summed E-state index contributed by atoms with van der Waals surface area (Å²) < 4.78 is 0. The molecule has 0 radical (unpaired) electrons. The van der Waals surface area contributed by atoms with Crippen LogP contribution in [0.4, 0.5) is 0 Å². The Kier molecular flexibility index (Phi) is 2.64. The first-order chi connectivity index (χ1) is 10.1.